The summed E-state index contributed by atoms with van der Waals surface area (Å²) >= 11 is 0. The molecular formula is C13H16N2O3. The maximum absolute atomic E-state index is 11.4. The number of carboxylic acids is 1. The number of carbonyl (C=O) groups is 2. The molecule has 5 nitrogen and oxygen atoms in total. The summed E-state index contributed by atoms with van der Waals surface area (Å²) in [6.45, 7) is 4.09. The van der Waals surface area contributed by atoms with Crippen LogP contribution in [0, 0.1) is 0 Å². The van der Waals surface area contributed by atoms with Gasteiger partial charge in [0.2, 0.25) is 0 Å². The van der Waals surface area contributed by atoms with Gasteiger partial charge in [-0.05, 0) is 24.1 Å². The molecule has 0 aliphatic heterocycles. The molecule has 0 bridgehead atoms. The SMILES string of the molecule is C=CCCNC(=O)Nc1ccc(CC(=O)O)cc1. The van der Waals surface area contributed by atoms with Gasteiger partial charge in [0.25, 0.3) is 0 Å². The molecule has 0 aliphatic rings. The van der Waals surface area contributed by atoms with Gasteiger partial charge in [0.1, 0.15) is 0 Å². The molecule has 0 unspecified atom stereocenters. The van der Waals surface area contributed by atoms with Crippen molar-refractivity contribution < 1.29 is 14.7 Å². The number of urea groups is 1. The number of hydrogen-bond donors (Lipinski definition) is 3. The third-order valence-corrected chi connectivity index (χ3v) is 2.20. The average Bonchev–Trinajstić information content (AvgIpc) is 2.31. The van der Waals surface area contributed by atoms with Crippen LogP contribution in [0.25, 0.3) is 0 Å². The van der Waals surface area contributed by atoms with Crippen LogP contribution in [0.4, 0.5) is 10.5 Å². The third-order valence-electron chi connectivity index (χ3n) is 2.20. The Labute approximate surface area is 106 Å². The van der Waals surface area contributed by atoms with Gasteiger partial charge in [-0.2, -0.15) is 0 Å². The molecule has 0 spiro atoms. The lowest BCUT2D eigenvalue weighted by Gasteiger charge is -2.07. The van der Waals surface area contributed by atoms with Crippen molar-refractivity contribution in [1.82, 2.24) is 5.32 Å². The monoisotopic (exact) mass is 248 g/mol. The number of aliphatic carboxylic acids is 1. The maximum Gasteiger partial charge on any atom is 0.319 e. The number of benzene rings is 1. The first-order valence-corrected chi connectivity index (χ1v) is 5.58. The molecule has 2 amide bonds. The third kappa shape index (κ3) is 5.16. The minimum atomic E-state index is -0.877. The van der Waals surface area contributed by atoms with Gasteiger partial charge in [-0.25, -0.2) is 4.79 Å². The molecule has 0 aliphatic carbocycles. The van der Waals surface area contributed by atoms with Crippen molar-refractivity contribution in [2.75, 3.05) is 11.9 Å². The van der Waals surface area contributed by atoms with E-state index in [9.17, 15) is 9.59 Å². The highest BCUT2D eigenvalue weighted by Gasteiger charge is 2.02. The maximum atomic E-state index is 11.4. The second-order valence-electron chi connectivity index (χ2n) is 3.73. The Bertz CT molecular complexity index is 426. The largest absolute Gasteiger partial charge is 0.481 e. The molecule has 0 heterocycles. The molecule has 0 aromatic heterocycles. The van der Waals surface area contributed by atoms with Gasteiger partial charge in [0.05, 0.1) is 6.42 Å². The summed E-state index contributed by atoms with van der Waals surface area (Å²) in [6.07, 6.45) is 2.41. The van der Waals surface area contributed by atoms with Crippen molar-refractivity contribution in [2.45, 2.75) is 12.8 Å². The van der Waals surface area contributed by atoms with Gasteiger partial charge in [-0.3, -0.25) is 4.79 Å². The van der Waals surface area contributed by atoms with E-state index in [-0.39, 0.29) is 12.5 Å². The Kier molecular flexibility index (Phi) is 5.44. The minimum Gasteiger partial charge on any atom is -0.481 e. The highest BCUT2D eigenvalue weighted by atomic mass is 16.4. The highest BCUT2D eigenvalue weighted by molar-refractivity contribution is 5.89. The van der Waals surface area contributed by atoms with Crippen LogP contribution in [0.1, 0.15) is 12.0 Å². The molecule has 1 rings (SSSR count). The fourth-order valence-corrected chi connectivity index (χ4v) is 1.34. The normalized spacial score (nSPS) is 9.56. The number of anilines is 1. The van der Waals surface area contributed by atoms with E-state index in [1.54, 1.807) is 30.3 Å². The molecule has 0 atom stereocenters. The second-order valence-corrected chi connectivity index (χ2v) is 3.73. The van der Waals surface area contributed by atoms with E-state index in [0.717, 1.165) is 0 Å². The van der Waals surface area contributed by atoms with Crippen molar-refractivity contribution in [1.29, 1.82) is 0 Å². The van der Waals surface area contributed by atoms with E-state index in [2.05, 4.69) is 17.2 Å². The molecule has 1 aromatic rings. The van der Waals surface area contributed by atoms with Crippen LogP contribution in [0.5, 0.6) is 0 Å². The number of amides is 2. The average molecular weight is 248 g/mol. The molecule has 0 saturated heterocycles. The van der Waals surface area contributed by atoms with Gasteiger partial charge in [-0.1, -0.05) is 18.2 Å². The number of carbonyl (C=O) groups excluding carboxylic acids is 1. The lowest BCUT2D eigenvalue weighted by molar-refractivity contribution is -0.136. The zero-order valence-corrected chi connectivity index (χ0v) is 9.98. The lowest BCUT2D eigenvalue weighted by atomic mass is 10.1. The van der Waals surface area contributed by atoms with E-state index >= 15 is 0 Å². The predicted molar refractivity (Wildman–Crippen MR) is 69.6 cm³/mol. The zero-order valence-electron chi connectivity index (χ0n) is 9.98. The summed E-state index contributed by atoms with van der Waals surface area (Å²) in [5.74, 6) is -0.877. The molecule has 5 heteroatoms. The van der Waals surface area contributed by atoms with Crippen LogP contribution >= 0.6 is 0 Å². The van der Waals surface area contributed by atoms with Crippen molar-refractivity contribution in [3.63, 3.8) is 0 Å². The zero-order chi connectivity index (χ0) is 13.4. The first-order valence-electron chi connectivity index (χ1n) is 5.58. The number of carboxylic acid groups (broad SMARTS) is 1. The molecule has 3 N–H and O–H groups in total. The predicted octanol–water partition coefficient (Wildman–Crippen LogP) is 2.01. The molecule has 0 radical (unpaired) electrons. The summed E-state index contributed by atoms with van der Waals surface area (Å²) in [6, 6.07) is 6.40. The Morgan fingerprint density at radius 2 is 1.94 bits per heavy atom. The van der Waals surface area contributed by atoms with Crippen LogP contribution in [0.15, 0.2) is 36.9 Å². The fourth-order valence-electron chi connectivity index (χ4n) is 1.34. The van der Waals surface area contributed by atoms with Crippen LogP contribution < -0.4 is 10.6 Å². The van der Waals surface area contributed by atoms with E-state index in [1.807, 2.05) is 0 Å². The first-order chi connectivity index (χ1) is 8.61. The van der Waals surface area contributed by atoms with Gasteiger partial charge in [0, 0.05) is 12.2 Å². The van der Waals surface area contributed by atoms with E-state index in [1.165, 1.54) is 0 Å². The van der Waals surface area contributed by atoms with Crippen LogP contribution in [0.2, 0.25) is 0 Å². The molecule has 18 heavy (non-hydrogen) atoms. The van der Waals surface area contributed by atoms with E-state index < -0.39 is 5.97 Å². The van der Waals surface area contributed by atoms with Crippen molar-refractivity contribution in [3.05, 3.63) is 42.5 Å². The summed E-state index contributed by atoms with van der Waals surface area (Å²) in [5, 5.41) is 13.9. The molecule has 0 fully saturated rings. The summed E-state index contributed by atoms with van der Waals surface area (Å²) in [5.41, 5.74) is 1.32. The topological polar surface area (TPSA) is 78.4 Å². The Morgan fingerprint density at radius 3 is 2.50 bits per heavy atom. The van der Waals surface area contributed by atoms with Crippen molar-refractivity contribution in [3.8, 4) is 0 Å². The van der Waals surface area contributed by atoms with Gasteiger partial charge >= 0.3 is 12.0 Å². The highest BCUT2D eigenvalue weighted by Crippen LogP contribution is 2.09. The van der Waals surface area contributed by atoms with E-state index in [4.69, 9.17) is 5.11 Å². The molecule has 96 valence electrons. The Morgan fingerprint density at radius 1 is 1.28 bits per heavy atom. The molecule has 0 saturated carbocycles. The Balaban J connectivity index is 2.45. The number of nitrogens with one attached hydrogen (secondary N) is 2. The van der Waals surface area contributed by atoms with Crippen molar-refractivity contribution >= 4 is 17.7 Å². The summed E-state index contributed by atoms with van der Waals surface area (Å²) in [7, 11) is 0. The summed E-state index contributed by atoms with van der Waals surface area (Å²) in [4.78, 5) is 21.9. The van der Waals surface area contributed by atoms with Crippen LogP contribution in [-0.4, -0.2) is 23.7 Å². The smallest absolute Gasteiger partial charge is 0.319 e. The van der Waals surface area contributed by atoms with Crippen LogP contribution in [-0.2, 0) is 11.2 Å². The Hall–Kier alpha value is -2.30. The second kappa shape index (κ2) is 7.11. The molecular weight excluding hydrogens is 232 g/mol. The van der Waals surface area contributed by atoms with Gasteiger partial charge in [-0.15, -0.1) is 6.58 Å². The first kappa shape index (κ1) is 13.8. The van der Waals surface area contributed by atoms with Crippen molar-refractivity contribution in [2.24, 2.45) is 0 Å². The minimum absolute atomic E-state index is 0.0220. The number of hydrogen-bond acceptors (Lipinski definition) is 2. The summed E-state index contributed by atoms with van der Waals surface area (Å²) < 4.78 is 0. The van der Waals surface area contributed by atoms with E-state index in [0.29, 0.717) is 24.2 Å². The molecule has 1 aromatic carbocycles. The van der Waals surface area contributed by atoms with Gasteiger partial charge in [0.15, 0.2) is 0 Å². The van der Waals surface area contributed by atoms with Crippen LogP contribution in [0.3, 0.4) is 0 Å². The quantitative estimate of drug-likeness (QED) is 0.532. The fraction of sp³-hybridized carbons (Fsp3) is 0.231. The number of rotatable bonds is 6. The standard InChI is InChI=1S/C13H16N2O3/c1-2-3-8-14-13(18)15-11-6-4-10(5-7-11)9-12(16)17/h2,4-7H,1,3,8-9H2,(H,16,17)(H2,14,15,18). The van der Waals surface area contributed by atoms with Gasteiger partial charge < -0.3 is 15.7 Å². The lowest BCUT2D eigenvalue weighted by Crippen LogP contribution is -2.29.